The minimum absolute atomic E-state index is 0.0000115. The number of carbonyl (C=O) groups is 2. The van der Waals surface area contributed by atoms with Crippen molar-refractivity contribution in [2.24, 2.45) is 5.92 Å². The third-order valence-corrected chi connectivity index (χ3v) is 4.80. The van der Waals surface area contributed by atoms with Gasteiger partial charge in [0.2, 0.25) is 0 Å². The van der Waals surface area contributed by atoms with E-state index in [0.717, 1.165) is 18.5 Å². The smallest absolute Gasteiger partial charge is 0.252 e. The predicted molar refractivity (Wildman–Crippen MR) is 91.4 cm³/mol. The normalized spacial score (nSPS) is 24.5. The Bertz CT molecular complexity index is 588. The zero-order valence-electron chi connectivity index (χ0n) is 14.4. The van der Waals surface area contributed by atoms with Crippen molar-refractivity contribution in [3.63, 3.8) is 0 Å². The zero-order valence-corrected chi connectivity index (χ0v) is 14.4. The van der Waals surface area contributed by atoms with Crippen LogP contribution in [0.1, 0.15) is 32.3 Å². The summed E-state index contributed by atoms with van der Waals surface area (Å²) in [5.74, 6) is 0.437. The van der Waals surface area contributed by atoms with Gasteiger partial charge in [-0.1, -0.05) is 44.2 Å². The molecule has 2 fully saturated rings. The summed E-state index contributed by atoms with van der Waals surface area (Å²) in [4.78, 5) is 26.9. The van der Waals surface area contributed by atoms with E-state index >= 15 is 0 Å². The van der Waals surface area contributed by atoms with Gasteiger partial charge in [-0.15, -0.1) is 0 Å². The molecule has 2 heterocycles. The molecule has 1 aromatic rings. The number of nitrogens with zero attached hydrogens (tertiary/aromatic N) is 1. The van der Waals surface area contributed by atoms with Gasteiger partial charge in [0.05, 0.1) is 25.2 Å². The summed E-state index contributed by atoms with van der Waals surface area (Å²) in [5, 5.41) is 3.21. The minimum atomic E-state index is -0.489. The Morgan fingerprint density at radius 2 is 2.08 bits per heavy atom. The molecule has 1 N–H and O–H groups in total. The van der Waals surface area contributed by atoms with E-state index < -0.39 is 6.10 Å². The first-order valence-electron chi connectivity index (χ1n) is 8.78. The lowest BCUT2D eigenvalue weighted by Gasteiger charge is -2.28. The highest BCUT2D eigenvalue weighted by Gasteiger charge is 2.47. The number of benzene rings is 1. The first kappa shape index (κ1) is 17.1. The Balaban J connectivity index is 1.68. The number of rotatable bonds is 6. The van der Waals surface area contributed by atoms with Gasteiger partial charge in [-0.2, -0.15) is 0 Å². The molecular weight excluding hydrogens is 304 g/mol. The number of hydrogen-bond donors (Lipinski definition) is 1. The van der Waals surface area contributed by atoms with Crippen molar-refractivity contribution in [2.75, 3.05) is 13.1 Å². The van der Waals surface area contributed by atoms with Gasteiger partial charge in [0.15, 0.2) is 5.78 Å². The number of hydrogen-bond acceptors (Lipinski definition) is 4. The molecular formula is C19H26N2O3. The SMILES string of the molecule is CC(C)C[C@H](OCc1ccccc1)C(=O)N1CC(=O)C2NCCC21. The van der Waals surface area contributed by atoms with E-state index in [2.05, 4.69) is 19.2 Å². The monoisotopic (exact) mass is 330 g/mol. The van der Waals surface area contributed by atoms with Crippen LogP contribution in [-0.2, 0) is 20.9 Å². The van der Waals surface area contributed by atoms with E-state index in [9.17, 15) is 9.59 Å². The van der Waals surface area contributed by atoms with Gasteiger partial charge in [0.1, 0.15) is 6.10 Å². The lowest BCUT2D eigenvalue weighted by molar-refractivity contribution is -0.147. The Labute approximate surface area is 143 Å². The number of carbonyl (C=O) groups excluding carboxylic acids is 2. The first-order valence-corrected chi connectivity index (χ1v) is 8.78. The van der Waals surface area contributed by atoms with Gasteiger partial charge in [-0.05, 0) is 30.9 Å². The van der Waals surface area contributed by atoms with Gasteiger partial charge in [-0.3, -0.25) is 9.59 Å². The molecule has 2 unspecified atom stereocenters. The maximum atomic E-state index is 13.0. The van der Waals surface area contributed by atoms with Crippen LogP contribution in [-0.4, -0.2) is 47.9 Å². The molecule has 2 aliphatic heterocycles. The van der Waals surface area contributed by atoms with Crippen molar-refractivity contribution < 1.29 is 14.3 Å². The van der Waals surface area contributed by atoms with E-state index in [-0.39, 0.29) is 30.3 Å². The summed E-state index contributed by atoms with van der Waals surface area (Å²) >= 11 is 0. The molecule has 3 atom stereocenters. The van der Waals surface area contributed by atoms with Crippen LogP contribution in [0.25, 0.3) is 0 Å². The second-order valence-electron chi connectivity index (χ2n) is 7.14. The molecule has 5 heteroatoms. The summed E-state index contributed by atoms with van der Waals surface area (Å²) in [6.07, 6.45) is 1.02. The number of likely N-dealkylation sites (tertiary alicyclic amines) is 1. The molecule has 24 heavy (non-hydrogen) atoms. The minimum Gasteiger partial charge on any atom is -0.364 e. The van der Waals surface area contributed by atoms with E-state index in [4.69, 9.17) is 4.74 Å². The molecule has 0 aromatic heterocycles. The van der Waals surface area contributed by atoms with Gasteiger partial charge in [0.25, 0.3) is 5.91 Å². The van der Waals surface area contributed by atoms with Crippen LogP contribution < -0.4 is 5.32 Å². The second-order valence-corrected chi connectivity index (χ2v) is 7.14. The summed E-state index contributed by atoms with van der Waals surface area (Å²) in [5.41, 5.74) is 1.05. The second kappa shape index (κ2) is 7.45. The van der Waals surface area contributed by atoms with Crippen molar-refractivity contribution in [3.05, 3.63) is 35.9 Å². The van der Waals surface area contributed by atoms with Crippen LogP contribution in [0.2, 0.25) is 0 Å². The van der Waals surface area contributed by atoms with Crippen LogP contribution in [0.15, 0.2) is 30.3 Å². The number of fused-ring (bicyclic) bond motifs is 1. The fourth-order valence-electron chi connectivity index (χ4n) is 3.60. The molecule has 2 saturated heterocycles. The molecule has 0 aliphatic carbocycles. The van der Waals surface area contributed by atoms with Gasteiger partial charge < -0.3 is 15.0 Å². The van der Waals surface area contributed by atoms with Crippen LogP contribution >= 0.6 is 0 Å². The maximum Gasteiger partial charge on any atom is 0.252 e. The molecule has 3 rings (SSSR count). The molecule has 1 aromatic carbocycles. The average Bonchev–Trinajstić information content (AvgIpc) is 3.16. The van der Waals surface area contributed by atoms with E-state index in [1.54, 1.807) is 4.90 Å². The van der Waals surface area contributed by atoms with Gasteiger partial charge in [0, 0.05) is 0 Å². The fourth-order valence-corrected chi connectivity index (χ4v) is 3.60. The summed E-state index contributed by atoms with van der Waals surface area (Å²) in [7, 11) is 0. The predicted octanol–water partition coefficient (Wildman–Crippen LogP) is 1.76. The number of Topliss-reactive ketones (excluding diaryl/α,β-unsaturated/α-hetero) is 1. The Morgan fingerprint density at radius 3 is 2.79 bits per heavy atom. The van der Waals surface area contributed by atoms with Crippen molar-refractivity contribution in [3.8, 4) is 0 Å². The number of ketones is 1. The van der Waals surface area contributed by atoms with Crippen molar-refractivity contribution in [1.82, 2.24) is 10.2 Å². The van der Waals surface area contributed by atoms with Crippen molar-refractivity contribution >= 4 is 11.7 Å². The molecule has 5 nitrogen and oxygen atoms in total. The lowest BCUT2D eigenvalue weighted by Crippen LogP contribution is -2.45. The highest BCUT2D eigenvalue weighted by Crippen LogP contribution is 2.25. The number of amides is 1. The molecule has 2 aliphatic rings. The van der Waals surface area contributed by atoms with Crippen molar-refractivity contribution in [2.45, 2.75) is 51.5 Å². The van der Waals surface area contributed by atoms with Crippen LogP contribution in [0.4, 0.5) is 0 Å². The summed E-state index contributed by atoms with van der Waals surface area (Å²) in [6, 6.07) is 9.70. The molecule has 1 amide bonds. The van der Waals surface area contributed by atoms with Gasteiger partial charge >= 0.3 is 0 Å². The highest BCUT2D eigenvalue weighted by molar-refractivity contribution is 5.95. The largest absolute Gasteiger partial charge is 0.364 e. The average molecular weight is 330 g/mol. The lowest BCUT2D eigenvalue weighted by atomic mass is 10.0. The highest BCUT2D eigenvalue weighted by atomic mass is 16.5. The Kier molecular flexibility index (Phi) is 5.31. The molecule has 130 valence electrons. The molecule has 0 radical (unpaired) electrons. The van der Waals surface area contributed by atoms with Crippen molar-refractivity contribution in [1.29, 1.82) is 0 Å². The Hall–Kier alpha value is -1.72. The fraction of sp³-hybridized carbons (Fsp3) is 0.579. The standard InChI is InChI=1S/C19H26N2O3/c1-13(2)10-17(24-12-14-6-4-3-5-7-14)19(23)21-11-16(22)18-15(21)8-9-20-18/h3-7,13,15,17-18,20H,8-12H2,1-2H3/t15?,17-,18?/m0/s1. The van der Waals surface area contributed by atoms with Crippen LogP contribution in [0.5, 0.6) is 0 Å². The molecule has 0 bridgehead atoms. The van der Waals surface area contributed by atoms with Crippen LogP contribution in [0.3, 0.4) is 0 Å². The summed E-state index contributed by atoms with van der Waals surface area (Å²) < 4.78 is 5.97. The van der Waals surface area contributed by atoms with Gasteiger partial charge in [-0.25, -0.2) is 0 Å². The zero-order chi connectivity index (χ0) is 17.1. The summed E-state index contributed by atoms with van der Waals surface area (Å²) in [6.45, 7) is 5.59. The third kappa shape index (κ3) is 3.68. The topological polar surface area (TPSA) is 58.6 Å². The van der Waals surface area contributed by atoms with E-state index in [1.165, 1.54) is 0 Å². The Morgan fingerprint density at radius 1 is 1.33 bits per heavy atom. The van der Waals surface area contributed by atoms with E-state index in [0.29, 0.717) is 18.9 Å². The molecule has 0 saturated carbocycles. The number of ether oxygens (including phenoxy) is 1. The number of nitrogens with one attached hydrogen (secondary N) is 1. The van der Waals surface area contributed by atoms with Crippen LogP contribution in [0, 0.1) is 5.92 Å². The first-order chi connectivity index (χ1) is 11.6. The molecule has 0 spiro atoms. The maximum absolute atomic E-state index is 13.0. The third-order valence-electron chi connectivity index (χ3n) is 4.80. The quantitative estimate of drug-likeness (QED) is 0.863. The van der Waals surface area contributed by atoms with E-state index in [1.807, 2.05) is 30.3 Å².